The standard InChI is InChI=1S/C19H13I2N3O/c1-2-7-25-18-12(9-14(20)10-15(18)21)8-13(11-22)19-23-16-5-3-4-6-17(16)24-19/h2-6,8-10H,1,7H2,(H,23,24)/b13-8-. The van der Waals surface area contributed by atoms with Gasteiger partial charge in [0.1, 0.15) is 24.3 Å². The number of benzene rings is 2. The van der Waals surface area contributed by atoms with Gasteiger partial charge >= 0.3 is 0 Å². The van der Waals surface area contributed by atoms with Gasteiger partial charge in [0.2, 0.25) is 0 Å². The highest BCUT2D eigenvalue weighted by Gasteiger charge is 2.12. The molecular weight excluding hydrogens is 540 g/mol. The van der Waals surface area contributed by atoms with Crippen molar-refractivity contribution in [1.29, 1.82) is 5.26 Å². The van der Waals surface area contributed by atoms with Gasteiger partial charge in [-0.15, -0.1) is 0 Å². The zero-order valence-corrected chi connectivity index (χ0v) is 17.4. The normalized spacial score (nSPS) is 11.3. The second kappa shape index (κ2) is 8.01. The third-order valence-electron chi connectivity index (χ3n) is 3.45. The molecule has 0 aliphatic heterocycles. The third kappa shape index (κ3) is 4.04. The average molecular weight is 553 g/mol. The molecule has 3 rings (SSSR count). The van der Waals surface area contributed by atoms with E-state index in [0.29, 0.717) is 18.0 Å². The molecule has 1 N–H and O–H groups in total. The Morgan fingerprint density at radius 1 is 1.32 bits per heavy atom. The van der Waals surface area contributed by atoms with Gasteiger partial charge in [0, 0.05) is 9.13 Å². The Hall–Kier alpha value is -1.86. The first kappa shape index (κ1) is 17.9. The first-order valence-corrected chi connectivity index (χ1v) is 9.57. The van der Waals surface area contributed by atoms with Crippen molar-refractivity contribution in [3.63, 3.8) is 0 Å². The lowest BCUT2D eigenvalue weighted by molar-refractivity contribution is 0.360. The summed E-state index contributed by atoms with van der Waals surface area (Å²) in [4.78, 5) is 7.71. The fourth-order valence-corrected chi connectivity index (χ4v) is 4.42. The number of halogens is 2. The van der Waals surface area contributed by atoms with E-state index < -0.39 is 0 Å². The Bertz CT molecular complexity index is 982. The van der Waals surface area contributed by atoms with E-state index >= 15 is 0 Å². The largest absolute Gasteiger partial charge is 0.488 e. The summed E-state index contributed by atoms with van der Waals surface area (Å²) in [5.41, 5.74) is 3.03. The molecule has 0 spiro atoms. The number of nitrogens with one attached hydrogen (secondary N) is 1. The van der Waals surface area contributed by atoms with Crippen LogP contribution in [0.15, 0.2) is 49.1 Å². The van der Waals surface area contributed by atoms with Crippen molar-refractivity contribution in [2.45, 2.75) is 0 Å². The van der Waals surface area contributed by atoms with E-state index in [4.69, 9.17) is 4.74 Å². The molecule has 0 amide bonds. The summed E-state index contributed by atoms with van der Waals surface area (Å²) in [5.74, 6) is 1.29. The Balaban J connectivity index is 2.10. The van der Waals surface area contributed by atoms with E-state index in [0.717, 1.165) is 29.5 Å². The highest BCUT2D eigenvalue weighted by Crippen LogP contribution is 2.31. The number of hydrogen-bond acceptors (Lipinski definition) is 3. The molecule has 0 saturated heterocycles. The molecule has 124 valence electrons. The molecule has 1 heterocycles. The molecule has 0 aliphatic rings. The summed E-state index contributed by atoms with van der Waals surface area (Å²) in [6.45, 7) is 4.10. The number of rotatable bonds is 5. The summed E-state index contributed by atoms with van der Waals surface area (Å²) in [7, 11) is 0. The molecule has 0 radical (unpaired) electrons. The van der Waals surface area contributed by atoms with Crippen LogP contribution in [0.4, 0.5) is 0 Å². The van der Waals surface area contributed by atoms with E-state index in [1.54, 1.807) is 12.2 Å². The highest BCUT2D eigenvalue weighted by molar-refractivity contribution is 14.1. The zero-order chi connectivity index (χ0) is 17.8. The van der Waals surface area contributed by atoms with Crippen molar-refractivity contribution >= 4 is 67.9 Å². The topological polar surface area (TPSA) is 61.7 Å². The molecule has 2 aromatic carbocycles. The summed E-state index contributed by atoms with van der Waals surface area (Å²) in [5, 5.41) is 9.63. The van der Waals surface area contributed by atoms with Gasteiger partial charge in [-0.3, -0.25) is 0 Å². The van der Waals surface area contributed by atoms with Crippen LogP contribution in [-0.4, -0.2) is 16.6 Å². The van der Waals surface area contributed by atoms with E-state index in [9.17, 15) is 5.26 Å². The Morgan fingerprint density at radius 2 is 2.12 bits per heavy atom. The van der Waals surface area contributed by atoms with Crippen LogP contribution in [0.25, 0.3) is 22.7 Å². The number of imidazole rings is 1. The van der Waals surface area contributed by atoms with Crippen LogP contribution in [0, 0.1) is 18.5 Å². The van der Waals surface area contributed by atoms with E-state index in [1.807, 2.05) is 36.4 Å². The van der Waals surface area contributed by atoms with Crippen LogP contribution in [0.5, 0.6) is 5.75 Å². The smallest absolute Gasteiger partial charge is 0.149 e. The van der Waals surface area contributed by atoms with Crippen molar-refractivity contribution in [3.8, 4) is 11.8 Å². The fourth-order valence-electron chi connectivity index (χ4n) is 2.37. The van der Waals surface area contributed by atoms with Crippen molar-refractivity contribution in [3.05, 3.63) is 67.6 Å². The van der Waals surface area contributed by atoms with Crippen LogP contribution < -0.4 is 4.74 Å². The molecule has 4 nitrogen and oxygen atoms in total. The van der Waals surface area contributed by atoms with E-state index in [2.05, 4.69) is 67.8 Å². The summed E-state index contributed by atoms with van der Waals surface area (Å²) in [6, 6.07) is 14.0. The van der Waals surface area contributed by atoms with Gasteiger partial charge < -0.3 is 9.72 Å². The lowest BCUT2D eigenvalue weighted by Gasteiger charge is -2.11. The first-order chi connectivity index (χ1) is 12.1. The predicted molar refractivity (Wildman–Crippen MR) is 117 cm³/mol. The molecule has 0 unspecified atom stereocenters. The number of para-hydroxylation sites is 2. The molecule has 0 atom stereocenters. The van der Waals surface area contributed by atoms with Gasteiger partial charge in [0.15, 0.2) is 0 Å². The van der Waals surface area contributed by atoms with Gasteiger partial charge in [0.25, 0.3) is 0 Å². The number of fused-ring (bicyclic) bond motifs is 1. The first-order valence-electron chi connectivity index (χ1n) is 7.42. The number of nitrogens with zero attached hydrogens (tertiary/aromatic N) is 2. The molecule has 1 aromatic heterocycles. The number of aromatic amines is 1. The molecule has 0 bridgehead atoms. The molecular formula is C19H13I2N3O. The number of aromatic nitrogens is 2. The van der Waals surface area contributed by atoms with Crippen molar-refractivity contribution in [1.82, 2.24) is 9.97 Å². The number of H-pyrrole nitrogens is 1. The van der Waals surface area contributed by atoms with Crippen molar-refractivity contribution < 1.29 is 4.74 Å². The maximum Gasteiger partial charge on any atom is 0.149 e. The van der Waals surface area contributed by atoms with Crippen LogP contribution in [-0.2, 0) is 0 Å². The van der Waals surface area contributed by atoms with Gasteiger partial charge in [-0.25, -0.2) is 4.98 Å². The van der Waals surface area contributed by atoms with E-state index in [-0.39, 0.29) is 0 Å². The summed E-state index contributed by atoms with van der Waals surface area (Å²) < 4.78 is 7.85. The lowest BCUT2D eigenvalue weighted by atomic mass is 10.1. The van der Waals surface area contributed by atoms with Gasteiger partial charge in [-0.1, -0.05) is 24.8 Å². The molecule has 25 heavy (non-hydrogen) atoms. The summed E-state index contributed by atoms with van der Waals surface area (Å²) >= 11 is 4.49. The maximum absolute atomic E-state index is 9.63. The SMILES string of the molecule is C=CCOc1c(I)cc(I)cc1/C=C(/C#N)c1nc2ccccc2[nH]1. The minimum atomic E-state index is 0.407. The van der Waals surface area contributed by atoms with Gasteiger partial charge in [0.05, 0.1) is 20.2 Å². The Labute approximate surface area is 172 Å². The van der Waals surface area contributed by atoms with Crippen molar-refractivity contribution in [2.24, 2.45) is 0 Å². The van der Waals surface area contributed by atoms with Gasteiger partial charge in [-0.05, 0) is 75.5 Å². The molecule has 6 heteroatoms. The van der Waals surface area contributed by atoms with Crippen LogP contribution in [0.1, 0.15) is 11.4 Å². The van der Waals surface area contributed by atoms with Crippen LogP contribution in [0.2, 0.25) is 0 Å². The summed E-state index contributed by atoms with van der Waals surface area (Å²) in [6.07, 6.45) is 3.51. The van der Waals surface area contributed by atoms with Crippen LogP contribution >= 0.6 is 45.2 Å². The van der Waals surface area contributed by atoms with Crippen molar-refractivity contribution in [2.75, 3.05) is 6.61 Å². The number of hydrogen-bond donors (Lipinski definition) is 1. The quantitative estimate of drug-likeness (QED) is 0.262. The number of ether oxygens (including phenoxy) is 1. The minimum absolute atomic E-state index is 0.407. The Kier molecular flexibility index (Phi) is 5.75. The fraction of sp³-hybridized carbons (Fsp3) is 0.0526. The number of allylic oxidation sites excluding steroid dienone is 1. The number of nitriles is 1. The Morgan fingerprint density at radius 3 is 2.84 bits per heavy atom. The molecule has 0 aliphatic carbocycles. The van der Waals surface area contributed by atoms with Crippen LogP contribution in [0.3, 0.4) is 0 Å². The predicted octanol–water partition coefficient (Wildman–Crippen LogP) is 5.40. The zero-order valence-electron chi connectivity index (χ0n) is 13.1. The second-order valence-corrected chi connectivity index (χ2v) is 7.59. The average Bonchev–Trinajstić information content (AvgIpc) is 3.02. The molecule has 0 fully saturated rings. The second-order valence-electron chi connectivity index (χ2n) is 5.18. The van der Waals surface area contributed by atoms with E-state index in [1.165, 1.54) is 0 Å². The highest BCUT2D eigenvalue weighted by atomic mass is 127. The third-order valence-corrected chi connectivity index (χ3v) is 4.87. The molecule has 3 aromatic rings. The minimum Gasteiger partial charge on any atom is -0.488 e. The monoisotopic (exact) mass is 553 g/mol. The van der Waals surface area contributed by atoms with Gasteiger partial charge in [-0.2, -0.15) is 5.26 Å². The maximum atomic E-state index is 9.63. The molecule has 0 saturated carbocycles. The lowest BCUT2D eigenvalue weighted by Crippen LogP contribution is -1.99.